The van der Waals surface area contributed by atoms with Crippen LogP contribution >= 0.6 is 0 Å². The molecule has 0 aliphatic carbocycles. The Morgan fingerprint density at radius 3 is 1.83 bits per heavy atom. The van der Waals surface area contributed by atoms with Gasteiger partial charge in [-0.05, 0) is 0 Å². The van der Waals surface area contributed by atoms with E-state index in [-0.39, 0.29) is 21.7 Å². The summed E-state index contributed by atoms with van der Waals surface area (Å²) in [6, 6.07) is 10.9. The third-order valence-electron chi connectivity index (χ3n) is 8.25. The van der Waals surface area contributed by atoms with Gasteiger partial charge in [-0.3, -0.25) is 0 Å². The molecule has 0 aromatic heterocycles. The van der Waals surface area contributed by atoms with E-state index in [0.717, 1.165) is 0 Å². The van der Waals surface area contributed by atoms with E-state index in [2.05, 4.69) is 78.8 Å². The normalized spacial score (nSPS) is 18.9. The molecule has 1 heterocycles. The average molecular weight is 608 g/mol. The number of hydrogen-bond acceptors (Lipinski definition) is 3. The first-order valence-corrected chi connectivity index (χ1v) is 22.4. The van der Waals surface area contributed by atoms with Crippen molar-refractivity contribution in [1.82, 2.24) is 4.90 Å². The van der Waals surface area contributed by atoms with Crippen LogP contribution in [0.5, 0.6) is 0 Å². The van der Waals surface area contributed by atoms with Gasteiger partial charge in [0.1, 0.15) is 0 Å². The van der Waals surface area contributed by atoms with Crippen LogP contribution in [0.2, 0.25) is 13.3 Å². The Labute approximate surface area is 226 Å². The molecule has 0 radical (unpaired) electrons. The molecule has 1 aromatic carbocycles. The third-order valence-corrected chi connectivity index (χ3v) is 24.6. The predicted molar refractivity (Wildman–Crippen MR) is 155 cm³/mol. The van der Waals surface area contributed by atoms with Crippen LogP contribution in [-0.4, -0.2) is 51.4 Å². The zero-order valence-corrected chi connectivity index (χ0v) is 27.7. The average Bonchev–Trinajstić information content (AvgIpc) is 3.05. The first-order valence-electron chi connectivity index (χ1n) is 14.7. The molecule has 1 aliphatic heterocycles. The van der Waals surface area contributed by atoms with Crippen molar-refractivity contribution in [2.45, 2.75) is 135 Å². The molecule has 0 unspecified atom stereocenters. The summed E-state index contributed by atoms with van der Waals surface area (Å²) in [5.74, 6) is 0.619. The second-order valence-electron chi connectivity index (χ2n) is 12.5. The molecule has 1 fully saturated rings. The Morgan fingerprint density at radius 2 is 1.44 bits per heavy atom. The molecule has 0 saturated carbocycles. The zero-order chi connectivity index (χ0) is 27.0. The van der Waals surface area contributed by atoms with Crippen LogP contribution < -0.4 is 0 Å². The van der Waals surface area contributed by atoms with Gasteiger partial charge in [-0.1, -0.05) is 0 Å². The van der Waals surface area contributed by atoms with E-state index in [9.17, 15) is 4.79 Å². The second kappa shape index (κ2) is 13.9. The van der Waals surface area contributed by atoms with Gasteiger partial charge in [-0.25, -0.2) is 0 Å². The number of nitrogens with zero attached hydrogens (tertiary/aromatic N) is 1. The van der Waals surface area contributed by atoms with Crippen molar-refractivity contribution in [1.29, 1.82) is 0 Å². The van der Waals surface area contributed by atoms with E-state index in [1.165, 1.54) is 57.4 Å². The van der Waals surface area contributed by atoms with Crippen molar-refractivity contribution < 1.29 is 14.3 Å². The molecule has 1 amide bonds. The van der Waals surface area contributed by atoms with Crippen molar-refractivity contribution in [2.75, 3.05) is 6.61 Å². The fraction of sp³-hybridized carbons (Fsp3) is 0.774. The van der Waals surface area contributed by atoms with E-state index in [1.54, 1.807) is 0 Å². The minimum absolute atomic E-state index is 0.0195. The van der Waals surface area contributed by atoms with Crippen LogP contribution in [-0.2, 0) is 9.47 Å². The van der Waals surface area contributed by atoms with Gasteiger partial charge in [0.2, 0.25) is 0 Å². The fourth-order valence-electron chi connectivity index (χ4n) is 6.39. The Hall–Kier alpha value is -0.751. The Morgan fingerprint density at radius 1 is 0.944 bits per heavy atom. The van der Waals surface area contributed by atoms with Gasteiger partial charge in [-0.15, -0.1) is 0 Å². The van der Waals surface area contributed by atoms with Gasteiger partial charge in [0.15, 0.2) is 0 Å². The Kier molecular flexibility index (Phi) is 12.1. The van der Waals surface area contributed by atoms with Crippen LogP contribution in [0.4, 0.5) is 4.79 Å². The molecule has 0 spiro atoms. The van der Waals surface area contributed by atoms with Gasteiger partial charge >= 0.3 is 228 Å². The number of amides is 1. The van der Waals surface area contributed by atoms with Crippen LogP contribution in [0, 0.1) is 5.92 Å². The molecule has 2 rings (SSSR count). The topological polar surface area (TPSA) is 38.8 Å². The molecule has 4 nitrogen and oxygen atoms in total. The number of carbonyl (C=O) groups is 1. The number of unbranched alkanes of at least 4 members (excludes halogenated alkanes) is 3. The monoisotopic (exact) mass is 609 g/mol. The molecule has 2 atom stereocenters. The summed E-state index contributed by atoms with van der Waals surface area (Å²) < 4.78 is 17.0. The number of carbonyl (C=O) groups excluding carboxylic acids is 1. The number of hydrogen-bond donors (Lipinski definition) is 0. The number of rotatable bonds is 14. The standard InChI is InChI=1S/C19H28NO3.3C4H9.Sn/c1-14(2)16(15-10-8-7-9-11-15)12-22-17(21)20-18(3,4)13-23-19(20,5)6;3*1-3-4-2;/h7-12,14,16H,13H2,1-6H3;3*1,3-4H2,2H3;/t16-;;;;/m0..../s1. The summed E-state index contributed by atoms with van der Waals surface area (Å²) in [6.07, 6.45) is 7.18. The fourth-order valence-corrected chi connectivity index (χ4v) is 24.8. The summed E-state index contributed by atoms with van der Waals surface area (Å²) in [4.78, 5) is 16.1. The summed E-state index contributed by atoms with van der Waals surface area (Å²) >= 11 is -3.02. The van der Waals surface area contributed by atoms with Gasteiger partial charge < -0.3 is 0 Å². The molecule has 1 aliphatic rings. The van der Waals surface area contributed by atoms with Gasteiger partial charge in [0.05, 0.1) is 0 Å². The molecular weight excluding hydrogens is 553 g/mol. The first kappa shape index (κ1) is 31.5. The summed E-state index contributed by atoms with van der Waals surface area (Å²) in [5.41, 5.74) is 0.270. The summed E-state index contributed by atoms with van der Waals surface area (Å²) in [6.45, 7) is 20.3. The van der Waals surface area contributed by atoms with Crippen LogP contribution in [0.3, 0.4) is 0 Å². The van der Waals surface area contributed by atoms with Crippen LogP contribution in [0.15, 0.2) is 30.3 Å². The first-order chi connectivity index (χ1) is 17.0. The number of ether oxygens (including phenoxy) is 2. The Bertz CT molecular complexity index is 754. The molecular formula is C31H55NO3Sn. The quantitative estimate of drug-likeness (QED) is 0.198. The van der Waals surface area contributed by atoms with Crippen LogP contribution in [0.1, 0.15) is 112 Å². The molecule has 36 heavy (non-hydrogen) atoms. The van der Waals surface area contributed by atoms with E-state index in [1.807, 2.05) is 18.7 Å². The zero-order valence-electron chi connectivity index (χ0n) is 24.9. The van der Waals surface area contributed by atoms with E-state index in [4.69, 9.17) is 9.47 Å². The van der Waals surface area contributed by atoms with E-state index < -0.39 is 24.1 Å². The minimum atomic E-state index is -3.02. The van der Waals surface area contributed by atoms with Crippen molar-refractivity contribution in [3.05, 3.63) is 35.9 Å². The number of benzene rings is 1. The van der Waals surface area contributed by atoms with Gasteiger partial charge in [-0.2, -0.15) is 0 Å². The molecule has 206 valence electrons. The van der Waals surface area contributed by atoms with Crippen molar-refractivity contribution >= 4 is 24.5 Å². The Balaban J connectivity index is 2.66. The maximum atomic E-state index is 14.2. The molecule has 0 bridgehead atoms. The maximum absolute atomic E-state index is 14.2. The van der Waals surface area contributed by atoms with E-state index >= 15 is 0 Å². The van der Waals surface area contributed by atoms with Crippen molar-refractivity contribution in [3.8, 4) is 0 Å². The van der Waals surface area contributed by atoms with Crippen LogP contribution in [0.25, 0.3) is 0 Å². The molecule has 5 heteroatoms. The SMILES string of the molecule is CCC[CH2][Sn]([CH2]CCC)([CH2]CCC)[C@H](OC(=O)N1C(C)(C)COC1(C)C)[C@H](c1ccccc1)C(C)C. The summed E-state index contributed by atoms with van der Waals surface area (Å²) in [5, 5.41) is 0. The van der Waals surface area contributed by atoms with Gasteiger partial charge in [0, 0.05) is 0 Å². The van der Waals surface area contributed by atoms with Crippen molar-refractivity contribution in [3.63, 3.8) is 0 Å². The molecule has 1 saturated heterocycles. The summed E-state index contributed by atoms with van der Waals surface area (Å²) in [7, 11) is 0. The predicted octanol–water partition coefficient (Wildman–Crippen LogP) is 9.17. The third kappa shape index (κ3) is 7.65. The molecule has 0 N–H and O–H groups in total. The van der Waals surface area contributed by atoms with Crippen molar-refractivity contribution in [2.24, 2.45) is 5.92 Å². The second-order valence-corrected chi connectivity index (χ2v) is 26.2. The molecule has 1 aromatic rings. The van der Waals surface area contributed by atoms with E-state index in [0.29, 0.717) is 12.5 Å². The van der Waals surface area contributed by atoms with Gasteiger partial charge in [0.25, 0.3) is 0 Å².